The highest BCUT2D eigenvalue weighted by molar-refractivity contribution is 7.61. The molecule has 0 aliphatic carbocycles. The molecule has 10 heteroatoms. The van der Waals surface area contributed by atoms with E-state index in [0.29, 0.717) is 22.3 Å². The highest BCUT2D eigenvalue weighted by Gasteiger charge is 2.12. The summed E-state index contributed by atoms with van der Waals surface area (Å²) in [6.07, 6.45) is 1.56. The van der Waals surface area contributed by atoms with Crippen molar-refractivity contribution in [2.24, 2.45) is 4.36 Å². The summed E-state index contributed by atoms with van der Waals surface area (Å²) in [6, 6.07) is 12.4. The number of amides is 1. The van der Waals surface area contributed by atoms with Crippen LogP contribution < -0.4 is 10.9 Å². The number of carbonyl (C=O) groups is 1. The summed E-state index contributed by atoms with van der Waals surface area (Å²) < 4.78 is 26.2. The molecular weight excluding hydrogens is 418 g/mol. The minimum atomic E-state index is -2.53. The molecule has 0 atom stereocenters. The van der Waals surface area contributed by atoms with Crippen LogP contribution in [0.1, 0.15) is 17.5 Å². The SMILES string of the molecule is Cc1ccc2[nH]c3c(=O)n(CCC(=O)NCc4cccc(N=S(=O)=O)c4)cnc3c2c1. The highest BCUT2D eigenvalue weighted by Crippen LogP contribution is 2.22. The molecule has 0 aliphatic heterocycles. The van der Waals surface area contributed by atoms with E-state index in [1.54, 1.807) is 24.3 Å². The second-order valence-electron chi connectivity index (χ2n) is 7.15. The Morgan fingerprint density at radius 1 is 1.23 bits per heavy atom. The average Bonchev–Trinajstić information content (AvgIpc) is 3.10. The van der Waals surface area contributed by atoms with Crippen LogP contribution in [0.25, 0.3) is 21.9 Å². The topological polar surface area (TPSA) is 126 Å². The van der Waals surface area contributed by atoms with E-state index >= 15 is 0 Å². The van der Waals surface area contributed by atoms with Crippen molar-refractivity contribution in [3.05, 3.63) is 70.3 Å². The first-order valence-corrected chi connectivity index (χ1v) is 10.6. The van der Waals surface area contributed by atoms with Crippen molar-refractivity contribution in [3.63, 3.8) is 0 Å². The summed E-state index contributed by atoms with van der Waals surface area (Å²) in [5.41, 5.74) is 3.74. The maximum absolute atomic E-state index is 12.8. The maximum Gasteiger partial charge on any atom is 0.316 e. The molecule has 1 amide bonds. The number of aryl methyl sites for hydroxylation is 2. The molecule has 4 rings (SSSR count). The van der Waals surface area contributed by atoms with Crippen LogP contribution in [0.3, 0.4) is 0 Å². The molecule has 0 bridgehead atoms. The number of rotatable bonds is 6. The van der Waals surface area contributed by atoms with Crippen molar-refractivity contribution in [1.29, 1.82) is 0 Å². The monoisotopic (exact) mass is 437 g/mol. The van der Waals surface area contributed by atoms with Gasteiger partial charge in [-0.2, -0.15) is 8.42 Å². The summed E-state index contributed by atoms with van der Waals surface area (Å²) >= 11 is 0. The summed E-state index contributed by atoms with van der Waals surface area (Å²) in [4.78, 5) is 32.6. The number of fused-ring (bicyclic) bond motifs is 3. The summed E-state index contributed by atoms with van der Waals surface area (Å²) in [5.74, 6) is -0.242. The van der Waals surface area contributed by atoms with E-state index in [4.69, 9.17) is 0 Å². The standard InChI is InChI=1S/C21H19N5O4S/c1-13-5-6-17-16(9-13)19-20(24-17)21(28)26(12-23-19)8-7-18(27)22-11-14-3-2-4-15(10-14)25-31(29)30/h2-6,9-10,12,24H,7-8,11H2,1H3,(H,22,27). The van der Waals surface area contributed by atoms with Gasteiger partial charge in [0.2, 0.25) is 5.91 Å². The third kappa shape index (κ3) is 4.53. The third-order valence-corrected chi connectivity index (χ3v) is 5.25. The lowest BCUT2D eigenvalue weighted by molar-refractivity contribution is -0.121. The van der Waals surface area contributed by atoms with Gasteiger partial charge in [-0.05, 0) is 36.8 Å². The van der Waals surface area contributed by atoms with E-state index < -0.39 is 10.5 Å². The lowest BCUT2D eigenvalue weighted by Crippen LogP contribution is -2.27. The number of nitrogens with zero attached hydrogens (tertiary/aromatic N) is 3. The molecule has 0 unspecified atom stereocenters. The van der Waals surface area contributed by atoms with E-state index in [-0.39, 0.29) is 31.0 Å². The predicted octanol–water partition coefficient (Wildman–Crippen LogP) is 2.59. The van der Waals surface area contributed by atoms with Crippen LogP contribution >= 0.6 is 0 Å². The molecular formula is C21H19N5O4S. The minimum absolute atomic E-state index is 0.0983. The fraction of sp³-hybridized carbons (Fsp3) is 0.190. The molecule has 0 saturated heterocycles. The van der Waals surface area contributed by atoms with Gasteiger partial charge in [0.25, 0.3) is 5.56 Å². The molecule has 158 valence electrons. The number of benzene rings is 2. The molecule has 0 spiro atoms. The van der Waals surface area contributed by atoms with Crippen LogP contribution in [0.2, 0.25) is 0 Å². The summed E-state index contributed by atoms with van der Waals surface area (Å²) in [7, 11) is -2.53. The van der Waals surface area contributed by atoms with Crippen molar-refractivity contribution in [2.75, 3.05) is 0 Å². The quantitative estimate of drug-likeness (QED) is 0.479. The van der Waals surface area contributed by atoms with Crippen molar-refractivity contribution in [3.8, 4) is 0 Å². The number of aromatic amines is 1. The van der Waals surface area contributed by atoms with Crippen molar-refractivity contribution >= 4 is 44.0 Å². The molecule has 4 aromatic rings. The number of nitrogens with one attached hydrogen (secondary N) is 2. The Morgan fingerprint density at radius 3 is 2.87 bits per heavy atom. The molecule has 2 heterocycles. The largest absolute Gasteiger partial charge is 0.352 e. The molecule has 0 fully saturated rings. The Balaban J connectivity index is 1.44. The molecule has 2 N–H and O–H groups in total. The minimum Gasteiger partial charge on any atom is -0.352 e. The van der Waals surface area contributed by atoms with Crippen molar-refractivity contribution in [1.82, 2.24) is 19.9 Å². The molecule has 9 nitrogen and oxygen atoms in total. The zero-order valence-electron chi connectivity index (χ0n) is 16.6. The Morgan fingerprint density at radius 2 is 2.06 bits per heavy atom. The number of carbonyl (C=O) groups excluding carboxylic acids is 1. The normalized spacial score (nSPS) is 11.0. The van der Waals surface area contributed by atoms with Crippen LogP contribution in [-0.4, -0.2) is 28.9 Å². The molecule has 2 aromatic carbocycles. The lowest BCUT2D eigenvalue weighted by atomic mass is 10.2. The van der Waals surface area contributed by atoms with Gasteiger partial charge in [0.1, 0.15) is 11.0 Å². The zero-order valence-corrected chi connectivity index (χ0v) is 17.4. The number of hydrogen-bond acceptors (Lipinski definition) is 6. The van der Waals surface area contributed by atoms with Gasteiger partial charge >= 0.3 is 10.5 Å². The molecule has 0 aliphatic rings. The Bertz CT molecular complexity index is 1490. The van der Waals surface area contributed by atoms with Crippen molar-refractivity contribution < 1.29 is 13.2 Å². The Hall–Kier alpha value is -3.79. The Labute approximate surface area is 178 Å². The van der Waals surface area contributed by atoms with E-state index in [1.807, 2.05) is 25.1 Å². The molecule has 2 aromatic heterocycles. The zero-order chi connectivity index (χ0) is 22.0. The molecule has 0 saturated carbocycles. The van der Waals surface area contributed by atoms with Gasteiger partial charge in [0.15, 0.2) is 0 Å². The van der Waals surface area contributed by atoms with Gasteiger partial charge in [0, 0.05) is 30.4 Å². The van der Waals surface area contributed by atoms with Gasteiger partial charge < -0.3 is 10.3 Å². The fourth-order valence-corrected chi connectivity index (χ4v) is 3.67. The van der Waals surface area contributed by atoms with Gasteiger partial charge in [-0.25, -0.2) is 4.98 Å². The van der Waals surface area contributed by atoms with Crippen LogP contribution in [0.5, 0.6) is 0 Å². The first kappa shape index (κ1) is 20.5. The maximum atomic E-state index is 12.8. The highest BCUT2D eigenvalue weighted by atomic mass is 32.2. The van der Waals surface area contributed by atoms with E-state index in [0.717, 1.165) is 16.5 Å². The van der Waals surface area contributed by atoms with Crippen LogP contribution in [0.15, 0.2) is 57.9 Å². The smallest absolute Gasteiger partial charge is 0.316 e. The summed E-state index contributed by atoms with van der Waals surface area (Å²) in [5, 5.41) is 3.65. The molecule has 31 heavy (non-hydrogen) atoms. The van der Waals surface area contributed by atoms with E-state index in [9.17, 15) is 18.0 Å². The van der Waals surface area contributed by atoms with E-state index in [1.165, 1.54) is 10.9 Å². The van der Waals surface area contributed by atoms with Crippen LogP contribution in [0.4, 0.5) is 5.69 Å². The van der Waals surface area contributed by atoms with Crippen LogP contribution in [0, 0.1) is 6.92 Å². The number of aromatic nitrogens is 3. The second-order valence-corrected chi connectivity index (χ2v) is 7.76. The average molecular weight is 437 g/mol. The van der Waals surface area contributed by atoms with Crippen LogP contribution in [-0.2, 0) is 28.4 Å². The number of hydrogen-bond donors (Lipinski definition) is 2. The first-order chi connectivity index (χ1) is 14.9. The fourth-order valence-electron chi connectivity index (χ4n) is 3.38. The second kappa shape index (κ2) is 8.52. The van der Waals surface area contributed by atoms with Gasteiger partial charge in [-0.1, -0.05) is 23.8 Å². The van der Waals surface area contributed by atoms with Gasteiger partial charge in [-0.3, -0.25) is 14.2 Å². The Kier molecular flexibility index (Phi) is 5.63. The predicted molar refractivity (Wildman–Crippen MR) is 117 cm³/mol. The lowest BCUT2D eigenvalue weighted by Gasteiger charge is -2.07. The number of H-pyrrole nitrogens is 1. The van der Waals surface area contributed by atoms with Gasteiger partial charge in [-0.15, -0.1) is 4.36 Å². The van der Waals surface area contributed by atoms with Gasteiger partial charge in [0.05, 0.1) is 12.0 Å². The molecule has 0 radical (unpaired) electrons. The third-order valence-electron chi connectivity index (χ3n) is 4.89. The van der Waals surface area contributed by atoms with E-state index in [2.05, 4.69) is 19.6 Å². The summed E-state index contributed by atoms with van der Waals surface area (Å²) in [6.45, 7) is 2.39. The first-order valence-electron chi connectivity index (χ1n) is 9.55. The van der Waals surface area contributed by atoms with Crippen molar-refractivity contribution in [2.45, 2.75) is 26.4 Å².